The molecule has 20 heavy (non-hydrogen) atoms. The van der Waals surface area contributed by atoms with Crippen LogP contribution >= 0.6 is 0 Å². The lowest BCUT2D eigenvalue weighted by Crippen LogP contribution is -2.58. The lowest BCUT2D eigenvalue weighted by Gasteiger charge is -2.57. The Hall–Kier alpha value is -0.960. The van der Waals surface area contributed by atoms with Crippen molar-refractivity contribution in [3.05, 3.63) is 35.4 Å². The van der Waals surface area contributed by atoms with E-state index in [4.69, 9.17) is 0 Å². The Bertz CT molecular complexity index is 470. The Labute approximate surface area is 118 Å². The maximum Gasteiger partial charge on any atom is 0.130 e. The van der Waals surface area contributed by atoms with Crippen LogP contribution < -0.4 is 5.32 Å². The highest BCUT2D eigenvalue weighted by Crippen LogP contribution is 2.55. The quantitative estimate of drug-likeness (QED) is 0.879. The van der Waals surface area contributed by atoms with Gasteiger partial charge in [0.1, 0.15) is 11.6 Å². The predicted octanol–water partition coefficient (Wildman–Crippen LogP) is 4.02. The molecule has 0 amide bonds. The van der Waals surface area contributed by atoms with Crippen LogP contribution in [-0.2, 0) is 6.54 Å². The van der Waals surface area contributed by atoms with Crippen molar-refractivity contribution in [3.63, 3.8) is 0 Å². The van der Waals surface area contributed by atoms with Crippen molar-refractivity contribution in [2.75, 3.05) is 0 Å². The van der Waals surface area contributed by atoms with E-state index in [1.165, 1.54) is 56.7 Å². The van der Waals surface area contributed by atoms with Gasteiger partial charge in [-0.1, -0.05) is 6.07 Å². The van der Waals surface area contributed by atoms with Crippen molar-refractivity contribution >= 4 is 0 Å². The van der Waals surface area contributed by atoms with Crippen molar-refractivity contribution in [1.82, 2.24) is 5.32 Å². The van der Waals surface area contributed by atoms with Gasteiger partial charge in [0.15, 0.2) is 0 Å². The summed E-state index contributed by atoms with van der Waals surface area (Å²) in [5.74, 6) is 1.68. The molecule has 3 heteroatoms. The van der Waals surface area contributed by atoms with Crippen LogP contribution in [0, 0.1) is 29.4 Å². The Morgan fingerprint density at radius 1 is 0.950 bits per heavy atom. The second-order valence-electron chi connectivity index (χ2n) is 7.25. The standard InChI is InChI=1S/C17H21F2N/c18-15-2-1-3-16(19)14(15)10-20-17-7-11-4-12(8-17)6-13(5-11)9-17/h1-3,11-13,20H,4-10H2. The summed E-state index contributed by atoms with van der Waals surface area (Å²) in [7, 11) is 0. The molecule has 0 saturated heterocycles. The predicted molar refractivity (Wildman–Crippen MR) is 74.1 cm³/mol. The number of rotatable bonds is 3. The van der Waals surface area contributed by atoms with E-state index in [1.54, 1.807) is 0 Å². The first-order valence-corrected chi connectivity index (χ1v) is 7.81. The van der Waals surface area contributed by atoms with Crippen LogP contribution in [0.1, 0.15) is 44.1 Å². The molecule has 5 rings (SSSR count). The molecule has 4 fully saturated rings. The highest BCUT2D eigenvalue weighted by Gasteiger charge is 2.50. The lowest BCUT2D eigenvalue weighted by atomic mass is 9.53. The second kappa shape index (κ2) is 4.52. The summed E-state index contributed by atoms with van der Waals surface area (Å²) >= 11 is 0. The maximum atomic E-state index is 13.7. The van der Waals surface area contributed by atoms with Crippen LogP contribution in [-0.4, -0.2) is 5.54 Å². The van der Waals surface area contributed by atoms with Gasteiger partial charge in [-0.3, -0.25) is 0 Å². The van der Waals surface area contributed by atoms with Gasteiger partial charge >= 0.3 is 0 Å². The number of halogens is 2. The van der Waals surface area contributed by atoms with Gasteiger partial charge in [-0.25, -0.2) is 8.78 Å². The Kier molecular flexibility index (Phi) is 2.88. The number of hydrogen-bond acceptors (Lipinski definition) is 1. The zero-order valence-electron chi connectivity index (χ0n) is 11.7. The van der Waals surface area contributed by atoms with Gasteiger partial charge in [-0.2, -0.15) is 0 Å². The highest BCUT2D eigenvalue weighted by atomic mass is 19.1. The molecule has 0 spiro atoms. The van der Waals surface area contributed by atoms with E-state index >= 15 is 0 Å². The van der Waals surface area contributed by atoms with Gasteiger partial charge in [0.2, 0.25) is 0 Å². The SMILES string of the molecule is Fc1cccc(F)c1CNC12CC3CC(CC(C3)C1)C2. The van der Waals surface area contributed by atoms with Crippen LogP contribution in [0.4, 0.5) is 8.78 Å². The van der Waals surface area contributed by atoms with Crippen LogP contribution in [0.2, 0.25) is 0 Å². The van der Waals surface area contributed by atoms with E-state index in [-0.39, 0.29) is 11.1 Å². The zero-order chi connectivity index (χ0) is 13.7. The molecule has 1 N–H and O–H groups in total. The molecule has 1 aromatic carbocycles. The summed E-state index contributed by atoms with van der Waals surface area (Å²) < 4.78 is 27.5. The molecule has 0 aromatic heterocycles. The molecule has 0 aliphatic heterocycles. The monoisotopic (exact) mass is 277 g/mol. The Morgan fingerprint density at radius 3 is 1.95 bits per heavy atom. The average Bonchev–Trinajstić information content (AvgIpc) is 2.36. The third kappa shape index (κ3) is 2.07. The summed E-state index contributed by atoms with van der Waals surface area (Å²) in [5.41, 5.74) is 0.354. The molecule has 0 unspecified atom stereocenters. The first kappa shape index (κ1) is 12.8. The maximum absolute atomic E-state index is 13.7. The summed E-state index contributed by atoms with van der Waals surface area (Å²) in [5, 5.41) is 3.55. The van der Waals surface area contributed by atoms with E-state index in [2.05, 4.69) is 5.32 Å². The number of benzene rings is 1. The van der Waals surface area contributed by atoms with Gasteiger partial charge < -0.3 is 5.32 Å². The highest BCUT2D eigenvalue weighted by molar-refractivity contribution is 5.20. The van der Waals surface area contributed by atoms with Gasteiger partial charge in [-0.15, -0.1) is 0 Å². The Balaban J connectivity index is 1.52. The van der Waals surface area contributed by atoms with Crippen molar-refractivity contribution in [1.29, 1.82) is 0 Å². The molecular formula is C17H21F2N. The molecule has 1 nitrogen and oxygen atoms in total. The minimum atomic E-state index is -0.428. The normalized spacial score (nSPS) is 38.4. The van der Waals surface area contributed by atoms with Crippen LogP contribution in [0.25, 0.3) is 0 Å². The van der Waals surface area contributed by atoms with E-state index in [0.29, 0.717) is 6.54 Å². The molecule has 108 valence electrons. The Morgan fingerprint density at radius 2 is 1.45 bits per heavy atom. The van der Waals surface area contributed by atoms with E-state index in [9.17, 15) is 8.78 Å². The van der Waals surface area contributed by atoms with Crippen LogP contribution in [0.5, 0.6) is 0 Å². The molecule has 1 aromatic rings. The fourth-order valence-electron chi connectivity index (χ4n) is 5.30. The first-order chi connectivity index (χ1) is 9.63. The van der Waals surface area contributed by atoms with E-state index < -0.39 is 11.6 Å². The minimum Gasteiger partial charge on any atom is -0.307 e. The van der Waals surface area contributed by atoms with Gasteiger partial charge in [0.25, 0.3) is 0 Å². The van der Waals surface area contributed by atoms with E-state index in [1.807, 2.05) is 0 Å². The van der Waals surface area contributed by atoms with E-state index in [0.717, 1.165) is 17.8 Å². The number of hydrogen-bond donors (Lipinski definition) is 1. The van der Waals surface area contributed by atoms with Gasteiger partial charge in [0, 0.05) is 17.6 Å². The summed E-state index contributed by atoms with van der Waals surface area (Å²) in [4.78, 5) is 0. The molecule has 0 radical (unpaired) electrons. The summed E-state index contributed by atoms with van der Waals surface area (Å²) in [6, 6.07) is 4.12. The van der Waals surface area contributed by atoms with Crippen LogP contribution in [0.15, 0.2) is 18.2 Å². The lowest BCUT2D eigenvalue weighted by molar-refractivity contribution is -0.0208. The minimum absolute atomic E-state index is 0.156. The largest absolute Gasteiger partial charge is 0.307 e. The van der Waals surface area contributed by atoms with Crippen molar-refractivity contribution in [3.8, 4) is 0 Å². The van der Waals surface area contributed by atoms with Crippen molar-refractivity contribution < 1.29 is 8.78 Å². The fraction of sp³-hybridized carbons (Fsp3) is 0.647. The smallest absolute Gasteiger partial charge is 0.130 e. The molecule has 0 heterocycles. The van der Waals surface area contributed by atoms with Gasteiger partial charge in [-0.05, 0) is 68.4 Å². The molecule has 0 atom stereocenters. The molecular weight excluding hydrogens is 256 g/mol. The summed E-state index contributed by atoms with van der Waals surface area (Å²) in [6.07, 6.45) is 7.76. The van der Waals surface area contributed by atoms with Crippen molar-refractivity contribution in [2.45, 2.75) is 50.6 Å². The van der Waals surface area contributed by atoms with Crippen LogP contribution in [0.3, 0.4) is 0 Å². The topological polar surface area (TPSA) is 12.0 Å². The first-order valence-electron chi connectivity index (χ1n) is 7.81. The third-order valence-electron chi connectivity index (χ3n) is 5.74. The molecule has 4 aliphatic carbocycles. The fourth-order valence-corrected chi connectivity index (χ4v) is 5.30. The second-order valence-corrected chi connectivity index (χ2v) is 7.25. The molecule has 4 aliphatic rings. The summed E-state index contributed by atoms with van der Waals surface area (Å²) in [6.45, 7) is 0.324. The molecule has 4 saturated carbocycles. The zero-order valence-corrected chi connectivity index (χ0v) is 11.7. The average molecular weight is 277 g/mol. The molecule has 4 bridgehead atoms. The van der Waals surface area contributed by atoms with Gasteiger partial charge in [0.05, 0.1) is 0 Å². The van der Waals surface area contributed by atoms with Crippen molar-refractivity contribution in [2.24, 2.45) is 17.8 Å². The third-order valence-corrected chi connectivity index (χ3v) is 5.74. The number of nitrogens with one attached hydrogen (secondary N) is 1.